The number of halogens is 2. The summed E-state index contributed by atoms with van der Waals surface area (Å²) in [5, 5.41) is 0. The molecule has 13 heavy (non-hydrogen) atoms. The van der Waals surface area contributed by atoms with Crippen molar-refractivity contribution in [2.75, 3.05) is 5.73 Å². The fourth-order valence-corrected chi connectivity index (χ4v) is 1.06. The van der Waals surface area contributed by atoms with E-state index in [0.717, 1.165) is 0 Å². The van der Waals surface area contributed by atoms with Crippen molar-refractivity contribution >= 4 is 5.69 Å². The molecule has 0 aliphatic heterocycles. The average molecular weight is 187 g/mol. The molecule has 0 radical (unpaired) electrons. The van der Waals surface area contributed by atoms with Crippen LogP contribution in [0.2, 0.25) is 0 Å². The first-order valence-electron chi connectivity index (χ1n) is 3.80. The molecule has 0 spiro atoms. The van der Waals surface area contributed by atoms with Crippen molar-refractivity contribution in [2.24, 2.45) is 5.73 Å². The Morgan fingerprint density at radius 3 is 2.62 bits per heavy atom. The molecule has 0 saturated carbocycles. The van der Waals surface area contributed by atoms with Crippen LogP contribution in [0, 0.1) is 6.92 Å². The van der Waals surface area contributed by atoms with Crippen LogP contribution >= 0.6 is 0 Å². The SMILES string of the molecule is Cc1c(CN)cnc(C(F)F)c1N. The minimum Gasteiger partial charge on any atom is -0.397 e. The van der Waals surface area contributed by atoms with Crippen LogP contribution in [0.1, 0.15) is 23.2 Å². The summed E-state index contributed by atoms with van der Waals surface area (Å²) in [4.78, 5) is 3.55. The van der Waals surface area contributed by atoms with Crippen molar-refractivity contribution in [3.8, 4) is 0 Å². The van der Waals surface area contributed by atoms with Crippen molar-refractivity contribution in [1.82, 2.24) is 4.98 Å². The molecule has 1 aromatic heterocycles. The Morgan fingerprint density at radius 2 is 2.15 bits per heavy atom. The topological polar surface area (TPSA) is 64.9 Å². The van der Waals surface area contributed by atoms with Crippen LogP contribution < -0.4 is 11.5 Å². The van der Waals surface area contributed by atoms with Gasteiger partial charge in [-0.15, -0.1) is 0 Å². The van der Waals surface area contributed by atoms with Gasteiger partial charge >= 0.3 is 0 Å². The van der Waals surface area contributed by atoms with E-state index in [-0.39, 0.29) is 17.9 Å². The molecule has 0 aliphatic rings. The molecule has 4 N–H and O–H groups in total. The first-order valence-corrected chi connectivity index (χ1v) is 3.80. The summed E-state index contributed by atoms with van der Waals surface area (Å²) >= 11 is 0. The summed E-state index contributed by atoms with van der Waals surface area (Å²) in [6.45, 7) is 1.91. The largest absolute Gasteiger partial charge is 0.397 e. The molecule has 5 heteroatoms. The number of hydrogen-bond acceptors (Lipinski definition) is 3. The minimum absolute atomic E-state index is 0.0398. The molecule has 0 saturated heterocycles. The van der Waals surface area contributed by atoms with Gasteiger partial charge in [0, 0.05) is 12.7 Å². The normalized spacial score (nSPS) is 10.8. The van der Waals surface area contributed by atoms with E-state index in [1.165, 1.54) is 6.20 Å². The summed E-state index contributed by atoms with van der Waals surface area (Å²) in [6.07, 6.45) is -1.29. The van der Waals surface area contributed by atoms with E-state index in [4.69, 9.17) is 11.5 Å². The van der Waals surface area contributed by atoms with E-state index in [1.54, 1.807) is 6.92 Å². The summed E-state index contributed by atoms with van der Waals surface area (Å²) in [6, 6.07) is 0. The summed E-state index contributed by atoms with van der Waals surface area (Å²) in [5.41, 5.74) is 11.8. The summed E-state index contributed by atoms with van der Waals surface area (Å²) in [5.74, 6) is 0. The van der Waals surface area contributed by atoms with E-state index in [2.05, 4.69) is 4.98 Å². The van der Waals surface area contributed by atoms with E-state index in [1.807, 2.05) is 0 Å². The lowest BCUT2D eigenvalue weighted by molar-refractivity contribution is 0.147. The zero-order chi connectivity index (χ0) is 10.0. The van der Waals surface area contributed by atoms with Crippen molar-refractivity contribution in [1.29, 1.82) is 0 Å². The Bertz CT molecular complexity index is 313. The van der Waals surface area contributed by atoms with Crippen LogP contribution in [0.5, 0.6) is 0 Å². The Morgan fingerprint density at radius 1 is 1.54 bits per heavy atom. The van der Waals surface area contributed by atoms with Gasteiger partial charge in [-0.2, -0.15) is 0 Å². The summed E-state index contributed by atoms with van der Waals surface area (Å²) in [7, 11) is 0. The molecule has 0 atom stereocenters. The van der Waals surface area contributed by atoms with Crippen molar-refractivity contribution < 1.29 is 8.78 Å². The fourth-order valence-electron chi connectivity index (χ4n) is 1.06. The Labute approximate surface area is 74.8 Å². The van der Waals surface area contributed by atoms with Crippen LogP contribution in [-0.4, -0.2) is 4.98 Å². The second kappa shape index (κ2) is 3.66. The first-order chi connectivity index (χ1) is 6.07. The van der Waals surface area contributed by atoms with E-state index >= 15 is 0 Å². The monoisotopic (exact) mass is 187 g/mol. The van der Waals surface area contributed by atoms with Gasteiger partial charge in [-0.05, 0) is 18.1 Å². The molecule has 72 valence electrons. The van der Waals surface area contributed by atoms with Crippen molar-refractivity contribution in [2.45, 2.75) is 19.9 Å². The predicted molar refractivity (Wildman–Crippen MR) is 46.2 cm³/mol. The molecular weight excluding hydrogens is 176 g/mol. The highest BCUT2D eigenvalue weighted by atomic mass is 19.3. The molecule has 1 rings (SSSR count). The van der Waals surface area contributed by atoms with Crippen molar-refractivity contribution in [3.05, 3.63) is 23.0 Å². The third-order valence-electron chi connectivity index (χ3n) is 1.95. The van der Waals surface area contributed by atoms with E-state index in [9.17, 15) is 8.78 Å². The second-order valence-corrected chi connectivity index (χ2v) is 2.71. The van der Waals surface area contributed by atoms with Crippen LogP contribution in [-0.2, 0) is 6.54 Å². The first kappa shape index (κ1) is 9.85. The second-order valence-electron chi connectivity index (χ2n) is 2.71. The zero-order valence-electron chi connectivity index (χ0n) is 7.22. The number of aromatic nitrogens is 1. The molecule has 0 bridgehead atoms. The lowest BCUT2D eigenvalue weighted by Crippen LogP contribution is -2.07. The van der Waals surface area contributed by atoms with Crippen LogP contribution in [0.15, 0.2) is 6.20 Å². The lowest BCUT2D eigenvalue weighted by Gasteiger charge is -2.09. The third kappa shape index (κ3) is 1.75. The molecule has 0 amide bonds. The van der Waals surface area contributed by atoms with Gasteiger partial charge in [-0.3, -0.25) is 4.98 Å². The van der Waals surface area contributed by atoms with Gasteiger partial charge in [0.1, 0.15) is 5.69 Å². The highest BCUT2D eigenvalue weighted by Crippen LogP contribution is 2.26. The van der Waals surface area contributed by atoms with Gasteiger partial charge in [0.05, 0.1) is 5.69 Å². The third-order valence-corrected chi connectivity index (χ3v) is 1.95. The number of nitrogen functional groups attached to an aromatic ring is 1. The fraction of sp³-hybridized carbons (Fsp3) is 0.375. The van der Waals surface area contributed by atoms with Crippen LogP contribution in [0.3, 0.4) is 0 Å². The maximum absolute atomic E-state index is 12.3. The maximum Gasteiger partial charge on any atom is 0.282 e. The van der Waals surface area contributed by atoms with Gasteiger partial charge in [-0.1, -0.05) is 0 Å². The number of rotatable bonds is 2. The van der Waals surface area contributed by atoms with Gasteiger partial charge < -0.3 is 11.5 Å². The standard InChI is InChI=1S/C8H11F2N3/c1-4-5(2-11)3-13-7(6(4)12)8(9)10/h3,8H,2,11-12H2,1H3. The lowest BCUT2D eigenvalue weighted by atomic mass is 10.1. The highest BCUT2D eigenvalue weighted by molar-refractivity contribution is 5.53. The van der Waals surface area contributed by atoms with Gasteiger partial charge in [0.2, 0.25) is 0 Å². The maximum atomic E-state index is 12.3. The molecular formula is C8H11F2N3. The number of nitrogens with two attached hydrogens (primary N) is 2. The van der Waals surface area contributed by atoms with Crippen LogP contribution in [0.25, 0.3) is 0 Å². The molecule has 0 unspecified atom stereocenters. The number of hydrogen-bond donors (Lipinski definition) is 2. The molecule has 0 aromatic carbocycles. The molecule has 1 aromatic rings. The Hall–Kier alpha value is -1.23. The van der Waals surface area contributed by atoms with Crippen molar-refractivity contribution in [3.63, 3.8) is 0 Å². The highest BCUT2D eigenvalue weighted by Gasteiger charge is 2.15. The quantitative estimate of drug-likeness (QED) is 0.734. The molecule has 3 nitrogen and oxygen atoms in total. The predicted octanol–water partition coefficient (Wildman–Crippen LogP) is 1.37. The molecule has 0 aliphatic carbocycles. The van der Waals surface area contributed by atoms with Crippen LogP contribution in [0.4, 0.5) is 14.5 Å². The van der Waals surface area contributed by atoms with Gasteiger partial charge in [0.15, 0.2) is 0 Å². The van der Waals surface area contributed by atoms with Gasteiger partial charge in [0.25, 0.3) is 6.43 Å². The minimum atomic E-state index is -2.63. The van der Waals surface area contributed by atoms with Gasteiger partial charge in [-0.25, -0.2) is 8.78 Å². The summed E-state index contributed by atoms with van der Waals surface area (Å²) < 4.78 is 24.5. The number of nitrogens with zero attached hydrogens (tertiary/aromatic N) is 1. The Balaban J connectivity index is 3.23. The van der Waals surface area contributed by atoms with E-state index < -0.39 is 6.43 Å². The molecule has 0 fully saturated rings. The molecule has 1 heterocycles. The number of alkyl halides is 2. The Kier molecular flexibility index (Phi) is 2.77. The zero-order valence-corrected chi connectivity index (χ0v) is 7.22. The number of anilines is 1. The van der Waals surface area contributed by atoms with E-state index in [0.29, 0.717) is 11.1 Å². The average Bonchev–Trinajstić information content (AvgIpc) is 2.09. The smallest absolute Gasteiger partial charge is 0.282 e. The number of pyridine rings is 1.